The smallest absolute Gasteiger partial charge is 0.121 e. The Hall–Kier alpha value is -1.61. The fraction of sp³-hybridized carbons (Fsp3) is 0.364. The van der Waals surface area contributed by atoms with E-state index in [0.29, 0.717) is 0 Å². The summed E-state index contributed by atoms with van der Waals surface area (Å²) in [5, 5.41) is 3.57. The second-order valence-electron chi connectivity index (χ2n) is 6.13. The molecule has 0 aromatic heterocycles. The molecule has 0 aliphatic carbocycles. The van der Waals surface area contributed by atoms with Crippen molar-refractivity contribution in [2.24, 2.45) is 5.92 Å². The first kappa shape index (κ1) is 21.4. The van der Waals surface area contributed by atoms with Crippen LogP contribution in [0.4, 0.5) is 0 Å². The lowest BCUT2D eigenvalue weighted by Crippen LogP contribution is -2.42. The number of methoxy groups -OCH3 is 1. The largest absolute Gasteiger partial charge is 0.368 e. The first-order valence-corrected chi connectivity index (χ1v) is 8.73. The Balaban J connectivity index is 0.00000312. The number of nitrogens with one attached hydrogen (secondary N) is 1. The molecule has 0 aliphatic rings. The van der Waals surface area contributed by atoms with Gasteiger partial charge in [-0.05, 0) is 31.0 Å². The molecule has 3 heteroatoms. The highest BCUT2D eigenvalue weighted by atomic mass is 35.5. The zero-order valence-electron chi connectivity index (χ0n) is 15.4. The van der Waals surface area contributed by atoms with Gasteiger partial charge in [0.05, 0.1) is 0 Å². The van der Waals surface area contributed by atoms with Crippen LogP contribution >= 0.6 is 12.4 Å². The molecule has 0 aliphatic heterocycles. The van der Waals surface area contributed by atoms with E-state index in [2.05, 4.69) is 92.0 Å². The van der Waals surface area contributed by atoms with Crippen molar-refractivity contribution < 1.29 is 4.74 Å². The predicted molar refractivity (Wildman–Crippen MR) is 109 cm³/mol. The van der Waals surface area contributed by atoms with Gasteiger partial charge in [-0.25, -0.2) is 0 Å². The zero-order valence-corrected chi connectivity index (χ0v) is 16.3. The maximum absolute atomic E-state index is 6.20. The minimum atomic E-state index is -0.448. The summed E-state index contributed by atoms with van der Waals surface area (Å²) in [6, 6.07) is 21.1. The zero-order chi connectivity index (χ0) is 17.3. The molecule has 2 aromatic rings. The molecule has 0 amide bonds. The highest BCUT2D eigenvalue weighted by Crippen LogP contribution is 2.39. The Labute approximate surface area is 158 Å². The number of hydrogen-bond donors (Lipinski definition) is 1. The molecule has 1 unspecified atom stereocenters. The number of hydrogen-bond acceptors (Lipinski definition) is 2. The summed E-state index contributed by atoms with van der Waals surface area (Å²) in [6.45, 7) is 6.20. The lowest BCUT2D eigenvalue weighted by Gasteiger charge is -2.39. The summed E-state index contributed by atoms with van der Waals surface area (Å²) in [5.41, 5.74) is 1.94. The van der Waals surface area contributed by atoms with Gasteiger partial charge in [-0.15, -0.1) is 12.4 Å². The molecule has 0 saturated carbocycles. The third-order valence-electron chi connectivity index (χ3n) is 4.60. The van der Waals surface area contributed by atoms with E-state index in [-0.39, 0.29) is 18.3 Å². The second-order valence-corrected chi connectivity index (χ2v) is 6.13. The number of rotatable bonds is 9. The van der Waals surface area contributed by atoms with E-state index in [1.54, 1.807) is 0 Å². The van der Waals surface area contributed by atoms with Crippen LogP contribution in [0.15, 0.2) is 72.8 Å². The summed E-state index contributed by atoms with van der Waals surface area (Å²) >= 11 is 0. The van der Waals surface area contributed by atoms with Crippen LogP contribution < -0.4 is 5.32 Å². The van der Waals surface area contributed by atoms with Crippen LogP contribution in [0.2, 0.25) is 0 Å². The van der Waals surface area contributed by atoms with Crippen LogP contribution in [0, 0.1) is 5.92 Å². The Kier molecular flexibility index (Phi) is 9.51. The van der Waals surface area contributed by atoms with E-state index in [1.165, 1.54) is 11.1 Å². The number of ether oxygens (including phenoxy) is 1. The van der Waals surface area contributed by atoms with E-state index in [0.717, 1.165) is 19.5 Å². The van der Waals surface area contributed by atoms with E-state index in [1.807, 2.05) is 7.11 Å². The molecule has 2 nitrogen and oxygen atoms in total. The Morgan fingerprint density at radius 3 is 1.96 bits per heavy atom. The summed E-state index contributed by atoms with van der Waals surface area (Å²) < 4.78 is 6.20. The minimum absolute atomic E-state index is 0. The summed E-state index contributed by atoms with van der Waals surface area (Å²) in [4.78, 5) is 0. The standard InChI is InChI=1S/C22H29NO.ClH/c1-4-5-12-17-23-18-19(2)22(24-3,20-13-8-6-9-14-20)21-15-10-7-11-16-21;/h4-11,13-16,19,23H,12,17-18H2,1-3H3;1H. The van der Waals surface area contributed by atoms with Crippen molar-refractivity contribution in [2.75, 3.05) is 20.2 Å². The van der Waals surface area contributed by atoms with Gasteiger partial charge in [0.15, 0.2) is 0 Å². The predicted octanol–water partition coefficient (Wildman–Crippen LogP) is 5.19. The molecule has 25 heavy (non-hydrogen) atoms. The molecule has 0 radical (unpaired) electrons. The second kappa shape index (κ2) is 11.1. The Morgan fingerprint density at radius 2 is 1.52 bits per heavy atom. The lowest BCUT2D eigenvalue weighted by molar-refractivity contribution is -0.0230. The van der Waals surface area contributed by atoms with Gasteiger partial charge in [-0.1, -0.05) is 79.7 Å². The van der Waals surface area contributed by atoms with Crippen molar-refractivity contribution in [1.29, 1.82) is 0 Å². The highest BCUT2D eigenvalue weighted by Gasteiger charge is 2.39. The van der Waals surface area contributed by atoms with Crippen molar-refractivity contribution in [1.82, 2.24) is 5.32 Å². The van der Waals surface area contributed by atoms with Crippen LogP contribution in [0.1, 0.15) is 31.4 Å². The molecule has 136 valence electrons. The SMILES string of the molecule is CC=CCCNCC(C)C(OC)(c1ccccc1)c1ccccc1.Cl. The fourth-order valence-corrected chi connectivity index (χ4v) is 3.36. The van der Waals surface area contributed by atoms with Gasteiger partial charge < -0.3 is 10.1 Å². The normalized spacial score (nSPS) is 12.8. The first-order valence-electron chi connectivity index (χ1n) is 8.73. The molecule has 1 N–H and O–H groups in total. The van der Waals surface area contributed by atoms with Crippen LogP contribution in [0.3, 0.4) is 0 Å². The van der Waals surface area contributed by atoms with Crippen molar-refractivity contribution >= 4 is 12.4 Å². The molecule has 0 saturated heterocycles. The number of allylic oxidation sites excluding steroid dienone is 1. The van der Waals surface area contributed by atoms with Gasteiger partial charge in [0, 0.05) is 19.6 Å². The van der Waals surface area contributed by atoms with Crippen LogP contribution in [0.5, 0.6) is 0 Å². The molecule has 0 fully saturated rings. The van der Waals surface area contributed by atoms with Gasteiger partial charge >= 0.3 is 0 Å². The topological polar surface area (TPSA) is 21.3 Å². The fourth-order valence-electron chi connectivity index (χ4n) is 3.36. The number of halogens is 1. The Bertz CT molecular complexity index is 573. The third-order valence-corrected chi connectivity index (χ3v) is 4.60. The molecule has 0 heterocycles. The molecule has 2 rings (SSSR count). The summed E-state index contributed by atoms with van der Waals surface area (Å²) in [7, 11) is 1.82. The van der Waals surface area contributed by atoms with Crippen molar-refractivity contribution in [2.45, 2.75) is 25.9 Å². The van der Waals surface area contributed by atoms with Gasteiger partial charge in [-0.3, -0.25) is 0 Å². The lowest BCUT2D eigenvalue weighted by atomic mass is 9.76. The average Bonchev–Trinajstić information content (AvgIpc) is 2.64. The van der Waals surface area contributed by atoms with Gasteiger partial charge in [-0.2, -0.15) is 0 Å². The van der Waals surface area contributed by atoms with E-state index >= 15 is 0 Å². The van der Waals surface area contributed by atoms with Crippen LogP contribution in [-0.4, -0.2) is 20.2 Å². The Morgan fingerprint density at radius 1 is 1.00 bits per heavy atom. The first-order chi connectivity index (χ1) is 11.8. The van der Waals surface area contributed by atoms with Crippen LogP contribution in [0.25, 0.3) is 0 Å². The number of benzene rings is 2. The maximum atomic E-state index is 6.20. The molecule has 2 aromatic carbocycles. The molecule has 0 bridgehead atoms. The van der Waals surface area contributed by atoms with E-state index in [9.17, 15) is 0 Å². The third kappa shape index (κ3) is 5.18. The van der Waals surface area contributed by atoms with Gasteiger partial charge in [0.1, 0.15) is 5.60 Å². The summed E-state index contributed by atoms with van der Waals surface area (Å²) in [5.74, 6) is 0.290. The van der Waals surface area contributed by atoms with Gasteiger partial charge in [0.2, 0.25) is 0 Å². The van der Waals surface area contributed by atoms with E-state index < -0.39 is 5.60 Å². The van der Waals surface area contributed by atoms with E-state index in [4.69, 9.17) is 4.74 Å². The molecule has 1 atom stereocenters. The van der Waals surface area contributed by atoms with Crippen molar-refractivity contribution in [3.05, 3.63) is 83.9 Å². The monoisotopic (exact) mass is 359 g/mol. The molecule has 0 spiro atoms. The quantitative estimate of drug-likeness (QED) is 0.491. The molecular weight excluding hydrogens is 330 g/mol. The van der Waals surface area contributed by atoms with Crippen LogP contribution in [-0.2, 0) is 10.3 Å². The summed E-state index contributed by atoms with van der Waals surface area (Å²) in [6.07, 6.45) is 5.34. The highest BCUT2D eigenvalue weighted by molar-refractivity contribution is 5.85. The molecular formula is C22H30ClNO. The maximum Gasteiger partial charge on any atom is 0.121 e. The van der Waals surface area contributed by atoms with Gasteiger partial charge in [0.25, 0.3) is 0 Å². The minimum Gasteiger partial charge on any atom is -0.368 e. The average molecular weight is 360 g/mol. The van der Waals surface area contributed by atoms with Crippen molar-refractivity contribution in [3.8, 4) is 0 Å². The van der Waals surface area contributed by atoms with Crippen molar-refractivity contribution in [3.63, 3.8) is 0 Å².